The summed E-state index contributed by atoms with van der Waals surface area (Å²) in [6, 6.07) is 2.92. The molecular formula is C11H15N3O3. The zero-order valence-corrected chi connectivity index (χ0v) is 9.63. The van der Waals surface area contributed by atoms with E-state index in [0.29, 0.717) is 5.82 Å². The van der Waals surface area contributed by atoms with Crippen LogP contribution in [-0.4, -0.2) is 28.7 Å². The minimum absolute atomic E-state index is 0.0436. The lowest BCUT2D eigenvalue weighted by atomic mass is 10.1. The summed E-state index contributed by atoms with van der Waals surface area (Å²) in [5.41, 5.74) is 0.0436. The van der Waals surface area contributed by atoms with Gasteiger partial charge in [0.25, 0.3) is 5.69 Å². The van der Waals surface area contributed by atoms with E-state index in [1.807, 2.05) is 6.92 Å². The molecule has 6 heteroatoms. The summed E-state index contributed by atoms with van der Waals surface area (Å²) in [5.74, 6) is 0.516. The van der Waals surface area contributed by atoms with Crippen LogP contribution in [-0.2, 0) is 4.74 Å². The van der Waals surface area contributed by atoms with Crippen molar-refractivity contribution in [1.29, 1.82) is 0 Å². The highest BCUT2D eigenvalue weighted by atomic mass is 16.6. The van der Waals surface area contributed by atoms with Crippen LogP contribution in [0.1, 0.15) is 19.8 Å². The van der Waals surface area contributed by atoms with Crippen LogP contribution >= 0.6 is 0 Å². The monoisotopic (exact) mass is 237 g/mol. The largest absolute Gasteiger partial charge is 0.376 e. The molecule has 0 amide bonds. The third-order valence-electron chi connectivity index (χ3n) is 2.85. The predicted octanol–water partition coefficient (Wildman–Crippen LogP) is 1.97. The fourth-order valence-corrected chi connectivity index (χ4v) is 1.93. The van der Waals surface area contributed by atoms with Crippen molar-refractivity contribution in [2.24, 2.45) is 0 Å². The lowest BCUT2D eigenvalue weighted by Crippen LogP contribution is -2.30. The van der Waals surface area contributed by atoms with E-state index in [9.17, 15) is 10.1 Å². The average molecular weight is 237 g/mol. The molecule has 0 radical (unpaired) electrons. The van der Waals surface area contributed by atoms with Crippen LogP contribution in [0.2, 0.25) is 0 Å². The third kappa shape index (κ3) is 2.91. The molecule has 0 aliphatic carbocycles. The summed E-state index contributed by atoms with van der Waals surface area (Å²) < 4.78 is 5.54. The zero-order chi connectivity index (χ0) is 12.3. The summed E-state index contributed by atoms with van der Waals surface area (Å²) in [6.07, 6.45) is 3.68. The van der Waals surface area contributed by atoms with Crippen molar-refractivity contribution in [1.82, 2.24) is 4.98 Å². The number of pyridine rings is 1. The fourth-order valence-electron chi connectivity index (χ4n) is 1.93. The molecule has 1 N–H and O–H groups in total. The molecule has 1 aromatic rings. The van der Waals surface area contributed by atoms with Crippen molar-refractivity contribution in [2.45, 2.75) is 31.9 Å². The van der Waals surface area contributed by atoms with E-state index in [1.165, 1.54) is 18.3 Å². The number of nitrogens with one attached hydrogen (secondary N) is 1. The van der Waals surface area contributed by atoms with Gasteiger partial charge in [-0.15, -0.1) is 0 Å². The van der Waals surface area contributed by atoms with Crippen LogP contribution in [0.5, 0.6) is 0 Å². The van der Waals surface area contributed by atoms with Crippen LogP contribution in [0.15, 0.2) is 18.3 Å². The Labute approximate surface area is 99.2 Å². The van der Waals surface area contributed by atoms with Gasteiger partial charge in [0.1, 0.15) is 5.82 Å². The van der Waals surface area contributed by atoms with Crippen molar-refractivity contribution in [3.63, 3.8) is 0 Å². The Kier molecular flexibility index (Phi) is 3.53. The maximum absolute atomic E-state index is 10.6. The molecule has 17 heavy (non-hydrogen) atoms. The van der Waals surface area contributed by atoms with Crippen LogP contribution in [0.3, 0.4) is 0 Å². The van der Waals surface area contributed by atoms with E-state index in [0.717, 1.165) is 19.4 Å². The first-order valence-corrected chi connectivity index (χ1v) is 5.65. The number of nitro groups is 1. The first-order chi connectivity index (χ1) is 8.16. The Bertz CT molecular complexity index is 405. The van der Waals surface area contributed by atoms with Crippen LogP contribution < -0.4 is 5.32 Å². The van der Waals surface area contributed by atoms with Crippen molar-refractivity contribution in [3.8, 4) is 0 Å². The molecule has 2 unspecified atom stereocenters. The molecule has 2 rings (SSSR count). The molecule has 1 fully saturated rings. The Morgan fingerprint density at radius 1 is 1.71 bits per heavy atom. The van der Waals surface area contributed by atoms with Gasteiger partial charge in [-0.25, -0.2) is 4.98 Å². The van der Waals surface area contributed by atoms with Crippen LogP contribution in [0.25, 0.3) is 0 Å². The number of anilines is 1. The SMILES string of the molecule is CC(Nc1cc([N+](=O)[O-])ccn1)C1CCCO1. The molecule has 2 atom stereocenters. The minimum Gasteiger partial charge on any atom is -0.376 e. The molecule has 1 aliphatic rings. The van der Waals surface area contributed by atoms with Crippen LogP contribution in [0, 0.1) is 10.1 Å². The first-order valence-electron chi connectivity index (χ1n) is 5.65. The van der Waals surface area contributed by atoms with E-state index in [-0.39, 0.29) is 17.8 Å². The number of rotatable bonds is 4. The van der Waals surface area contributed by atoms with E-state index in [4.69, 9.17) is 4.74 Å². The maximum Gasteiger partial charge on any atom is 0.274 e. The molecule has 0 bridgehead atoms. The van der Waals surface area contributed by atoms with Gasteiger partial charge in [0, 0.05) is 18.9 Å². The Balaban J connectivity index is 2.02. The standard InChI is InChI=1S/C11H15N3O3/c1-8(10-3-2-6-17-10)13-11-7-9(14(15)16)4-5-12-11/h4-5,7-8,10H,2-3,6H2,1H3,(H,12,13). The number of ether oxygens (including phenoxy) is 1. The second-order valence-corrected chi connectivity index (χ2v) is 4.14. The Morgan fingerprint density at radius 2 is 2.53 bits per heavy atom. The van der Waals surface area contributed by atoms with Gasteiger partial charge in [-0.1, -0.05) is 0 Å². The molecular weight excluding hydrogens is 222 g/mol. The molecule has 92 valence electrons. The van der Waals surface area contributed by atoms with Crippen LogP contribution in [0.4, 0.5) is 11.5 Å². The number of aromatic nitrogens is 1. The molecule has 0 spiro atoms. The van der Waals surface area contributed by atoms with Gasteiger partial charge in [0.05, 0.1) is 23.1 Å². The molecule has 0 aromatic carbocycles. The van der Waals surface area contributed by atoms with E-state index in [2.05, 4.69) is 10.3 Å². The number of hydrogen-bond donors (Lipinski definition) is 1. The Morgan fingerprint density at radius 3 is 3.18 bits per heavy atom. The van der Waals surface area contributed by atoms with Gasteiger partial charge < -0.3 is 10.1 Å². The quantitative estimate of drug-likeness (QED) is 0.639. The van der Waals surface area contributed by atoms with Gasteiger partial charge in [-0.05, 0) is 19.8 Å². The fraction of sp³-hybridized carbons (Fsp3) is 0.545. The molecule has 1 aliphatic heterocycles. The predicted molar refractivity (Wildman–Crippen MR) is 63.0 cm³/mol. The average Bonchev–Trinajstić information content (AvgIpc) is 2.82. The number of hydrogen-bond acceptors (Lipinski definition) is 5. The molecule has 1 saturated heterocycles. The highest BCUT2D eigenvalue weighted by Crippen LogP contribution is 2.20. The Hall–Kier alpha value is -1.69. The topological polar surface area (TPSA) is 77.3 Å². The van der Waals surface area contributed by atoms with E-state index in [1.54, 1.807) is 0 Å². The maximum atomic E-state index is 10.6. The van der Waals surface area contributed by atoms with Gasteiger partial charge in [0.2, 0.25) is 0 Å². The molecule has 2 heterocycles. The van der Waals surface area contributed by atoms with Crippen molar-refractivity contribution in [3.05, 3.63) is 28.4 Å². The molecule has 0 saturated carbocycles. The minimum atomic E-state index is -0.427. The molecule has 1 aromatic heterocycles. The second kappa shape index (κ2) is 5.09. The zero-order valence-electron chi connectivity index (χ0n) is 9.63. The van der Waals surface area contributed by atoms with Crippen molar-refractivity contribution < 1.29 is 9.66 Å². The summed E-state index contributed by atoms with van der Waals surface area (Å²) >= 11 is 0. The first kappa shape index (κ1) is 11.8. The summed E-state index contributed by atoms with van der Waals surface area (Å²) in [4.78, 5) is 14.3. The lowest BCUT2D eigenvalue weighted by Gasteiger charge is -2.20. The van der Waals surface area contributed by atoms with Gasteiger partial charge in [-0.2, -0.15) is 0 Å². The van der Waals surface area contributed by atoms with Crippen molar-refractivity contribution >= 4 is 11.5 Å². The van der Waals surface area contributed by atoms with Gasteiger partial charge in [-0.3, -0.25) is 10.1 Å². The normalized spacial score (nSPS) is 21.1. The smallest absolute Gasteiger partial charge is 0.274 e. The van der Waals surface area contributed by atoms with E-state index >= 15 is 0 Å². The van der Waals surface area contributed by atoms with E-state index < -0.39 is 4.92 Å². The summed E-state index contributed by atoms with van der Waals surface area (Å²) in [5, 5.41) is 13.8. The van der Waals surface area contributed by atoms with Crippen molar-refractivity contribution in [2.75, 3.05) is 11.9 Å². The highest BCUT2D eigenvalue weighted by molar-refractivity contribution is 5.44. The lowest BCUT2D eigenvalue weighted by molar-refractivity contribution is -0.384. The van der Waals surface area contributed by atoms with Gasteiger partial charge >= 0.3 is 0 Å². The van der Waals surface area contributed by atoms with Gasteiger partial charge in [0.15, 0.2) is 0 Å². The summed E-state index contributed by atoms with van der Waals surface area (Å²) in [7, 11) is 0. The third-order valence-corrected chi connectivity index (χ3v) is 2.85. The second-order valence-electron chi connectivity index (χ2n) is 4.14. The summed E-state index contributed by atoms with van der Waals surface area (Å²) in [6.45, 7) is 2.79. The highest BCUT2D eigenvalue weighted by Gasteiger charge is 2.22. The number of nitrogens with zero attached hydrogens (tertiary/aromatic N) is 2. The molecule has 6 nitrogen and oxygen atoms in total.